The maximum atomic E-state index is 14.4. The van der Waals surface area contributed by atoms with Gasteiger partial charge in [0.25, 0.3) is 10.0 Å². The zero-order valence-corrected chi connectivity index (χ0v) is 26.6. The lowest BCUT2D eigenvalue weighted by Crippen LogP contribution is -2.53. The van der Waals surface area contributed by atoms with Crippen LogP contribution in [-0.2, 0) is 32.6 Å². The number of nitrogens with zero attached hydrogens (tertiary/aromatic N) is 2. The fraction of sp³-hybridized carbons (Fsp3) is 0.257. The van der Waals surface area contributed by atoms with Gasteiger partial charge in [0.15, 0.2) is 0 Å². The van der Waals surface area contributed by atoms with Crippen LogP contribution in [0.15, 0.2) is 114 Å². The molecule has 4 rings (SSSR count). The number of hydrogen-bond donors (Lipinski definition) is 1. The molecule has 2 amide bonds. The van der Waals surface area contributed by atoms with E-state index in [-0.39, 0.29) is 29.5 Å². The number of sulfonamides is 1. The molecular weight excluding hydrogens is 594 g/mol. The largest absolute Gasteiger partial charge is 0.354 e. The summed E-state index contributed by atoms with van der Waals surface area (Å²) in [6, 6.07) is 30.7. The van der Waals surface area contributed by atoms with Gasteiger partial charge in [-0.15, -0.1) is 0 Å². The summed E-state index contributed by atoms with van der Waals surface area (Å²) in [5, 5.41) is 3.33. The molecule has 44 heavy (non-hydrogen) atoms. The lowest BCUT2D eigenvalue weighted by atomic mass is 10.0. The highest BCUT2D eigenvalue weighted by Crippen LogP contribution is 2.27. The molecule has 1 atom stereocenters. The van der Waals surface area contributed by atoms with E-state index in [2.05, 4.69) is 5.32 Å². The first-order valence-corrected chi connectivity index (χ1v) is 16.5. The van der Waals surface area contributed by atoms with Crippen LogP contribution in [0.2, 0.25) is 5.02 Å². The molecule has 0 aromatic heterocycles. The first kappa shape index (κ1) is 32.8. The second-order valence-electron chi connectivity index (χ2n) is 10.7. The van der Waals surface area contributed by atoms with E-state index in [0.29, 0.717) is 11.6 Å². The van der Waals surface area contributed by atoms with Gasteiger partial charge in [-0.1, -0.05) is 109 Å². The zero-order chi connectivity index (χ0) is 31.5. The molecule has 0 aliphatic rings. The summed E-state index contributed by atoms with van der Waals surface area (Å²) in [6.45, 7) is 4.08. The molecule has 0 radical (unpaired) electrons. The first-order chi connectivity index (χ1) is 21.2. The maximum absolute atomic E-state index is 14.4. The van der Waals surface area contributed by atoms with Gasteiger partial charge in [0.2, 0.25) is 11.8 Å². The van der Waals surface area contributed by atoms with Gasteiger partial charge in [0.1, 0.15) is 12.6 Å². The average molecular weight is 632 g/mol. The van der Waals surface area contributed by atoms with E-state index < -0.39 is 28.5 Å². The van der Waals surface area contributed by atoms with Gasteiger partial charge < -0.3 is 10.2 Å². The quantitative estimate of drug-likeness (QED) is 0.163. The third kappa shape index (κ3) is 8.71. The molecule has 0 aliphatic carbocycles. The van der Waals surface area contributed by atoms with Gasteiger partial charge in [-0.3, -0.25) is 13.9 Å². The summed E-state index contributed by atoms with van der Waals surface area (Å²) in [4.78, 5) is 29.7. The molecule has 0 bridgehead atoms. The van der Waals surface area contributed by atoms with Crippen molar-refractivity contribution in [3.8, 4) is 0 Å². The SMILES string of the molecule is CCCCNC(=O)[C@@H](Cc1ccccc1)N(Cc1ccc(C)cc1)C(=O)CN(c1cccc(Cl)c1)S(=O)(=O)c1ccccc1. The van der Waals surface area contributed by atoms with E-state index >= 15 is 0 Å². The van der Waals surface area contributed by atoms with Crippen LogP contribution in [0.1, 0.15) is 36.5 Å². The van der Waals surface area contributed by atoms with Crippen LogP contribution in [0.4, 0.5) is 5.69 Å². The molecule has 0 heterocycles. The van der Waals surface area contributed by atoms with Gasteiger partial charge in [-0.05, 0) is 54.8 Å². The molecule has 0 unspecified atom stereocenters. The minimum atomic E-state index is -4.17. The number of carbonyl (C=O) groups is 2. The normalized spacial score (nSPS) is 11.9. The molecule has 7 nitrogen and oxygen atoms in total. The number of rotatable bonds is 14. The number of anilines is 1. The molecule has 1 N–H and O–H groups in total. The minimum Gasteiger partial charge on any atom is -0.354 e. The minimum absolute atomic E-state index is 0.0380. The maximum Gasteiger partial charge on any atom is 0.264 e. The Morgan fingerprint density at radius 3 is 2.14 bits per heavy atom. The first-order valence-electron chi connectivity index (χ1n) is 14.7. The van der Waals surface area contributed by atoms with Crippen molar-refractivity contribution in [3.63, 3.8) is 0 Å². The van der Waals surface area contributed by atoms with E-state index in [1.165, 1.54) is 23.1 Å². The number of benzene rings is 4. The molecule has 0 saturated heterocycles. The standard InChI is InChI=1S/C35H38ClN3O4S/c1-3-4-22-37-35(41)33(23-28-12-7-5-8-13-28)38(25-29-20-18-27(2)19-21-29)34(40)26-39(31-15-11-14-30(36)24-31)44(42,43)32-16-9-6-10-17-32/h5-21,24,33H,3-4,22-23,25-26H2,1-2H3,(H,37,41)/t33-/m1/s1. The highest BCUT2D eigenvalue weighted by molar-refractivity contribution is 7.92. The highest BCUT2D eigenvalue weighted by Gasteiger charge is 2.34. The van der Waals surface area contributed by atoms with Crippen LogP contribution in [0.25, 0.3) is 0 Å². The number of halogens is 1. The van der Waals surface area contributed by atoms with Crippen molar-refractivity contribution in [2.45, 2.75) is 50.6 Å². The number of unbranched alkanes of at least 4 members (excludes halogenated alkanes) is 1. The van der Waals surface area contributed by atoms with E-state index in [1.807, 2.05) is 68.4 Å². The molecule has 0 spiro atoms. The van der Waals surface area contributed by atoms with Crippen molar-refractivity contribution in [2.75, 3.05) is 17.4 Å². The predicted molar refractivity (Wildman–Crippen MR) is 176 cm³/mol. The lowest BCUT2D eigenvalue weighted by Gasteiger charge is -2.34. The summed E-state index contributed by atoms with van der Waals surface area (Å²) in [6.07, 6.45) is 1.97. The Morgan fingerprint density at radius 2 is 1.50 bits per heavy atom. The molecule has 0 aliphatic heterocycles. The van der Waals surface area contributed by atoms with Crippen LogP contribution < -0.4 is 9.62 Å². The number of amides is 2. The Bertz CT molecular complexity index is 1630. The molecule has 0 fully saturated rings. The van der Waals surface area contributed by atoms with Crippen molar-refractivity contribution in [1.29, 1.82) is 0 Å². The molecule has 9 heteroatoms. The lowest BCUT2D eigenvalue weighted by molar-refractivity contribution is -0.140. The van der Waals surface area contributed by atoms with Crippen molar-refractivity contribution in [2.24, 2.45) is 0 Å². The third-order valence-electron chi connectivity index (χ3n) is 7.28. The van der Waals surface area contributed by atoms with Gasteiger partial charge in [-0.2, -0.15) is 0 Å². The van der Waals surface area contributed by atoms with Crippen LogP contribution >= 0.6 is 11.6 Å². The van der Waals surface area contributed by atoms with Crippen LogP contribution in [0.3, 0.4) is 0 Å². The Balaban J connectivity index is 1.78. The van der Waals surface area contributed by atoms with Crippen molar-refractivity contribution >= 4 is 39.1 Å². The Kier molecular flexibility index (Phi) is 11.6. The fourth-order valence-corrected chi connectivity index (χ4v) is 6.44. The van der Waals surface area contributed by atoms with Crippen molar-refractivity contribution in [1.82, 2.24) is 10.2 Å². The summed E-state index contributed by atoms with van der Waals surface area (Å²) in [5.74, 6) is -0.806. The molecule has 230 valence electrons. The van der Waals surface area contributed by atoms with Gasteiger partial charge >= 0.3 is 0 Å². The zero-order valence-electron chi connectivity index (χ0n) is 25.0. The van der Waals surface area contributed by atoms with Gasteiger partial charge in [-0.25, -0.2) is 8.42 Å². The molecule has 4 aromatic carbocycles. The molecule has 4 aromatic rings. The Morgan fingerprint density at radius 1 is 0.841 bits per heavy atom. The number of hydrogen-bond acceptors (Lipinski definition) is 4. The smallest absolute Gasteiger partial charge is 0.264 e. The van der Waals surface area contributed by atoms with Crippen LogP contribution in [-0.4, -0.2) is 44.3 Å². The number of carbonyl (C=O) groups excluding carboxylic acids is 2. The summed E-state index contributed by atoms with van der Waals surface area (Å²) >= 11 is 6.28. The summed E-state index contributed by atoms with van der Waals surface area (Å²) in [7, 11) is -4.17. The van der Waals surface area contributed by atoms with Gasteiger partial charge in [0.05, 0.1) is 10.6 Å². The second kappa shape index (κ2) is 15.5. The fourth-order valence-electron chi connectivity index (χ4n) is 4.83. The van der Waals surface area contributed by atoms with E-state index in [4.69, 9.17) is 11.6 Å². The van der Waals surface area contributed by atoms with E-state index in [1.54, 1.807) is 36.4 Å². The molecular formula is C35H38ClN3O4S. The number of aryl methyl sites for hydroxylation is 1. The molecule has 0 saturated carbocycles. The Hall–Kier alpha value is -4.14. The summed E-state index contributed by atoms with van der Waals surface area (Å²) in [5.41, 5.74) is 3.01. The topological polar surface area (TPSA) is 86.8 Å². The van der Waals surface area contributed by atoms with Crippen LogP contribution in [0, 0.1) is 6.92 Å². The van der Waals surface area contributed by atoms with E-state index in [0.717, 1.165) is 33.8 Å². The van der Waals surface area contributed by atoms with E-state index in [9.17, 15) is 18.0 Å². The monoisotopic (exact) mass is 631 g/mol. The van der Waals surface area contributed by atoms with Gasteiger partial charge in [0, 0.05) is 24.5 Å². The van der Waals surface area contributed by atoms with Crippen molar-refractivity contribution in [3.05, 3.63) is 131 Å². The second-order valence-corrected chi connectivity index (χ2v) is 13.0. The predicted octanol–water partition coefficient (Wildman–Crippen LogP) is 6.40. The highest BCUT2D eigenvalue weighted by atomic mass is 35.5. The Labute approximate surface area is 265 Å². The third-order valence-corrected chi connectivity index (χ3v) is 9.30. The summed E-state index contributed by atoms with van der Waals surface area (Å²) < 4.78 is 29.1. The number of nitrogens with one attached hydrogen (secondary N) is 1. The van der Waals surface area contributed by atoms with Crippen LogP contribution in [0.5, 0.6) is 0 Å². The average Bonchev–Trinajstić information content (AvgIpc) is 3.03. The van der Waals surface area contributed by atoms with Crippen molar-refractivity contribution < 1.29 is 18.0 Å².